The summed E-state index contributed by atoms with van der Waals surface area (Å²) < 4.78 is 0. The molecule has 194 valence electrons. The molecule has 4 rings (SSSR count). The summed E-state index contributed by atoms with van der Waals surface area (Å²) in [5, 5.41) is 15.8. The van der Waals surface area contributed by atoms with E-state index in [1.54, 1.807) is 19.1 Å². The van der Waals surface area contributed by atoms with Gasteiger partial charge in [0.15, 0.2) is 0 Å². The molecule has 0 aliphatic rings. The van der Waals surface area contributed by atoms with E-state index in [2.05, 4.69) is 10.6 Å². The number of benzene rings is 4. The van der Waals surface area contributed by atoms with Crippen molar-refractivity contribution in [2.45, 2.75) is 38.3 Å². The fourth-order valence-corrected chi connectivity index (χ4v) is 4.83. The van der Waals surface area contributed by atoms with Crippen LogP contribution in [0.1, 0.15) is 42.5 Å². The second kappa shape index (κ2) is 12.2. The van der Waals surface area contributed by atoms with E-state index in [4.69, 9.17) is 0 Å². The lowest BCUT2D eigenvalue weighted by Gasteiger charge is -2.37. The highest BCUT2D eigenvalue weighted by molar-refractivity contribution is 5.86. The summed E-state index contributed by atoms with van der Waals surface area (Å²) in [6.07, 6.45) is 0.677. The van der Waals surface area contributed by atoms with E-state index in [1.807, 2.05) is 110 Å². The molecule has 2 amide bonds. The topological polar surface area (TPSA) is 78.4 Å². The summed E-state index contributed by atoms with van der Waals surface area (Å²) in [6, 6.07) is 36.6. The van der Waals surface area contributed by atoms with Gasteiger partial charge in [-0.1, -0.05) is 110 Å². The number of rotatable bonds is 10. The maximum Gasteiger partial charge on any atom is 0.223 e. The maximum atomic E-state index is 13.6. The predicted octanol–water partition coefficient (Wildman–Crippen LogP) is 5.57. The number of amides is 2. The number of phenols is 1. The molecule has 0 heterocycles. The van der Waals surface area contributed by atoms with Crippen LogP contribution in [0.25, 0.3) is 0 Å². The Morgan fingerprint density at radius 3 is 1.61 bits per heavy atom. The van der Waals surface area contributed by atoms with Gasteiger partial charge < -0.3 is 15.7 Å². The van der Waals surface area contributed by atoms with Crippen LogP contribution in [0.5, 0.6) is 5.75 Å². The second-order valence-electron chi connectivity index (χ2n) is 9.78. The molecular formula is C33H34N2O3. The minimum atomic E-state index is -0.913. The standard InChI is InChI=1S/C33H34N2O3/c1-24(32(38)34-25(2)23-26-18-20-30(36)21-19-26)22-31(37)35-33(27-12-6-3-7-13-27,28-14-8-4-9-15-28)29-16-10-5-11-17-29/h3-21,24-25,36H,22-23H2,1-2H3,(H,34,38)(H,35,37)/t24-,25?/m1/s1. The summed E-state index contributed by atoms with van der Waals surface area (Å²) >= 11 is 0. The Kier molecular flexibility index (Phi) is 8.59. The molecule has 4 aromatic rings. The largest absolute Gasteiger partial charge is 0.508 e. The zero-order chi connectivity index (χ0) is 27.0. The molecule has 2 atom stereocenters. The van der Waals surface area contributed by atoms with Crippen LogP contribution < -0.4 is 10.6 Å². The van der Waals surface area contributed by atoms with Crippen molar-refractivity contribution >= 4 is 11.8 Å². The Labute approximate surface area is 224 Å². The zero-order valence-corrected chi connectivity index (χ0v) is 21.8. The molecule has 0 aliphatic carbocycles. The van der Waals surface area contributed by atoms with Crippen LogP contribution in [0.3, 0.4) is 0 Å². The van der Waals surface area contributed by atoms with Crippen LogP contribution in [0.4, 0.5) is 0 Å². The highest BCUT2D eigenvalue weighted by atomic mass is 16.3. The van der Waals surface area contributed by atoms with Crippen molar-refractivity contribution in [3.05, 3.63) is 138 Å². The van der Waals surface area contributed by atoms with Crippen LogP contribution in [-0.4, -0.2) is 23.0 Å². The van der Waals surface area contributed by atoms with Crippen molar-refractivity contribution in [1.29, 1.82) is 0 Å². The highest BCUT2D eigenvalue weighted by Crippen LogP contribution is 2.37. The maximum absolute atomic E-state index is 13.6. The molecule has 3 N–H and O–H groups in total. The van der Waals surface area contributed by atoms with Crippen LogP contribution in [0.2, 0.25) is 0 Å². The van der Waals surface area contributed by atoms with Gasteiger partial charge in [0, 0.05) is 18.4 Å². The lowest BCUT2D eigenvalue weighted by Crippen LogP contribution is -2.49. The van der Waals surface area contributed by atoms with Crippen LogP contribution in [0, 0.1) is 5.92 Å². The fourth-order valence-electron chi connectivity index (χ4n) is 4.83. The Balaban J connectivity index is 1.54. The Hall–Kier alpha value is -4.38. The van der Waals surface area contributed by atoms with E-state index in [0.717, 1.165) is 22.3 Å². The number of nitrogens with one attached hydrogen (secondary N) is 2. The summed E-state index contributed by atoms with van der Waals surface area (Å²) in [4.78, 5) is 26.6. The van der Waals surface area contributed by atoms with Crippen molar-refractivity contribution in [3.8, 4) is 5.75 Å². The number of aromatic hydroxyl groups is 1. The predicted molar refractivity (Wildman–Crippen MR) is 151 cm³/mol. The molecule has 0 fully saturated rings. The van der Waals surface area contributed by atoms with Crippen LogP contribution >= 0.6 is 0 Å². The van der Waals surface area contributed by atoms with Crippen molar-refractivity contribution in [2.75, 3.05) is 0 Å². The lowest BCUT2D eigenvalue weighted by atomic mass is 9.76. The minimum absolute atomic E-state index is 0.0476. The van der Waals surface area contributed by atoms with E-state index < -0.39 is 11.5 Å². The van der Waals surface area contributed by atoms with E-state index in [-0.39, 0.29) is 30.0 Å². The lowest BCUT2D eigenvalue weighted by molar-refractivity contribution is -0.130. The number of phenolic OH excluding ortho intramolecular Hbond substituents is 1. The smallest absolute Gasteiger partial charge is 0.223 e. The van der Waals surface area contributed by atoms with E-state index in [0.29, 0.717) is 6.42 Å². The SMILES string of the molecule is CC(Cc1ccc(O)cc1)NC(=O)[C@H](C)CC(=O)NC(c1ccccc1)(c1ccccc1)c1ccccc1. The second-order valence-corrected chi connectivity index (χ2v) is 9.78. The molecule has 0 saturated heterocycles. The van der Waals surface area contributed by atoms with Gasteiger partial charge in [0.05, 0.1) is 0 Å². The normalized spacial score (nSPS) is 12.8. The quantitative estimate of drug-likeness (QED) is 0.246. The van der Waals surface area contributed by atoms with Gasteiger partial charge in [-0.3, -0.25) is 9.59 Å². The van der Waals surface area contributed by atoms with Gasteiger partial charge >= 0.3 is 0 Å². The third-order valence-electron chi connectivity index (χ3n) is 6.75. The first-order valence-corrected chi connectivity index (χ1v) is 12.9. The Morgan fingerprint density at radius 1 is 0.711 bits per heavy atom. The first-order chi connectivity index (χ1) is 18.4. The average Bonchev–Trinajstić information content (AvgIpc) is 2.94. The van der Waals surface area contributed by atoms with Gasteiger partial charge in [0.1, 0.15) is 11.3 Å². The minimum Gasteiger partial charge on any atom is -0.508 e. The van der Waals surface area contributed by atoms with Gasteiger partial charge in [0.25, 0.3) is 0 Å². The third kappa shape index (κ3) is 6.30. The summed E-state index contributed by atoms with van der Waals surface area (Å²) in [5.41, 5.74) is 2.91. The molecule has 0 bridgehead atoms. The average molecular weight is 507 g/mol. The van der Waals surface area contributed by atoms with Crippen LogP contribution in [0.15, 0.2) is 115 Å². The summed E-state index contributed by atoms with van der Waals surface area (Å²) in [6.45, 7) is 3.71. The number of hydrogen-bond acceptors (Lipinski definition) is 3. The van der Waals surface area contributed by atoms with Gasteiger partial charge in [-0.05, 0) is 47.7 Å². The first-order valence-electron chi connectivity index (χ1n) is 12.9. The van der Waals surface area contributed by atoms with E-state index in [1.165, 1.54) is 0 Å². The Bertz CT molecular complexity index is 1230. The zero-order valence-electron chi connectivity index (χ0n) is 21.8. The molecule has 5 nitrogen and oxygen atoms in total. The molecule has 4 aromatic carbocycles. The molecular weight excluding hydrogens is 472 g/mol. The molecule has 5 heteroatoms. The van der Waals surface area contributed by atoms with Crippen molar-refractivity contribution < 1.29 is 14.7 Å². The van der Waals surface area contributed by atoms with E-state index >= 15 is 0 Å². The van der Waals surface area contributed by atoms with Gasteiger partial charge in [-0.2, -0.15) is 0 Å². The molecule has 0 saturated carbocycles. The van der Waals surface area contributed by atoms with Crippen LogP contribution in [-0.2, 0) is 21.5 Å². The molecule has 38 heavy (non-hydrogen) atoms. The number of carbonyl (C=O) groups is 2. The summed E-state index contributed by atoms with van der Waals surface area (Å²) in [5.74, 6) is -0.688. The van der Waals surface area contributed by atoms with Crippen molar-refractivity contribution in [1.82, 2.24) is 10.6 Å². The number of carbonyl (C=O) groups excluding carboxylic acids is 2. The van der Waals surface area contributed by atoms with Crippen molar-refractivity contribution in [2.24, 2.45) is 5.92 Å². The van der Waals surface area contributed by atoms with Gasteiger partial charge in [-0.15, -0.1) is 0 Å². The third-order valence-corrected chi connectivity index (χ3v) is 6.75. The van der Waals surface area contributed by atoms with Gasteiger partial charge in [-0.25, -0.2) is 0 Å². The molecule has 0 spiro atoms. The number of hydrogen-bond donors (Lipinski definition) is 3. The van der Waals surface area contributed by atoms with E-state index in [9.17, 15) is 14.7 Å². The molecule has 0 aliphatic heterocycles. The molecule has 0 aromatic heterocycles. The summed E-state index contributed by atoms with van der Waals surface area (Å²) in [7, 11) is 0. The molecule has 0 radical (unpaired) electrons. The Morgan fingerprint density at radius 2 is 1.16 bits per heavy atom. The van der Waals surface area contributed by atoms with Gasteiger partial charge in [0.2, 0.25) is 11.8 Å². The first kappa shape index (κ1) is 26.7. The van der Waals surface area contributed by atoms with Crippen molar-refractivity contribution in [3.63, 3.8) is 0 Å². The molecule has 1 unspecified atom stereocenters. The fraction of sp³-hybridized carbons (Fsp3) is 0.212. The monoisotopic (exact) mass is 506 g/mol. The highest BCUT2D eigenvalue weighted by Gasteiger charge is 2.38.